The molecule has 2 fully saturated rings. The number of unbranched alkanes of at least 4 members (excludes halogenated alkanes) is 2. The molecule has 2 saturated heterocycles. The van der Waals surface area contributed by atoms with Crippen LogP contribution in [0.3, 0.4) is 0 Å². The number of carboxylic acid groups (broad SMARTS) is 1. The lowest BCUT2D eigenvalue weighted by Crippen LogP contribution is -2.60. The number of hydrogen-bond acceptors (Lipinski definition) is 19. The van der Waals surface area contributed by atoms with E-state index in [0.29, 0.717) is 49.8 Å². The third kappa shape index (κ3) is 28.1. The normalized spacial score (nSPS) is 16.8. The molecule has 22 N–H and O–H groups in total. The summed E-state index contributed by atoms with van der Waals surface area (Å²) >= 11 is 0. The van der Waals surface area contributed by atoms with Gasteiger partial charge in [-0.3, -0.25) is 67.1 Å². The fraction of sp³-hybridized carbons (Fsp3) is 0.573. The second-order valence-electron chi connectivity index (χ2n) is 29.2. The Morgan fingerprint density at radius 1 is 0.550 bits per heavy atom. The molecule has 0 saturated carbocycles. The molecule has 2 aliphatic rings. The van der Waals surface area contributed by atoms with E-state index in [2.05, 4.69) is 68.1 Å². The highest BCUT2D eigenvalue weighted by atomic mass is 16.4. The number of nitrogens with zero attached hydrogens (tertiary/aromatic N) is 3. The van der Waals surface area contributed by atoms with Gasteiger partial charge in [-0.05, 0) is 138 Å². The first-order chi connectivity index (χ1) is 52.8. The first-order valence-electron chi connectivity index (χ1n) is 37.9. The number of phenolic OH excluding ortho intramolecular Hbond substituents is 1. The van der Waals surface area contributed by atoms with E-state index in [1.165, 1.54) is 53.5 Å². The predicted molar refractivity (Wildman–Crippen MR) is 405 cm³/mol. The van der Waals surface area contributed by atoms with Gasteiger partial charge in [0.05, 0.1) is 18.9 Å². The number of carboxylic acids is 1. The molecule has 2 aliphatic heterocycles. The number of nitrogens with one attached hydrogen (secondary N) is 12. The van der Waals surface area contributed by atoms with Crippen molar-refractivity contribution in [2.45, 2.75) is 236 Å². The number of likely N-dealkylation sites (tertiary alicyclic amines) is 2. The highest BCUT2D eigenvalue weighted by Crippen LogP contribution is 2.24. The monoisotopic (exact) mass is 1550 g/mol. The summed E-state index contributed by atoms with van der Waals surface area (Å²) in [6.07, 6.45) is 5.91. The molecule has 2 aromatic carbocycles. The zero-order chi connectivity index (χ0) is 81.6. The van der Waals surface area contributed by atoms with Crippen LogP contribution in [0.25, 0.3) is 10.9 Å². The Kier molecular flexibility index (Phi) is 35.2. The van der Waals surface area contributed by atoms with Gasteiger partial charge in [0.25, 0.3) is 0 Å². The zero-order valence-corrected chi connectivity index (χ0v) is 63.9. The Hall–Kier alpha value is -11.0. The van der Waals surface area contributed by atoms with Crippen molar-refractivity contribution in [3.63, 3.8) is 0 Å². The van der Waals surface area contributed by atoms with E-state index in [4.69, 9.17) is 22.9 Å². The van der Waals surface area contributed by atoms with Crippen LogP contribution in [0.1, 0.15) is 161 Å². The number of aliphatic carboxylic acids is 1. The molecular weight excluding hydrogens is 1440 g/mol. The van der Waals surface area contributed by atoms with E-state index in [1.54, 1.807) is 33.9 Å². The number of para-hydroxylation sites is 1. The van der Waals surface area contributed by atoms with Crippen LogP contribution < -0.4 is 76.1 Å². The average Bonchev–Trinajstić information content (AvgIpc) is 1.65. The number of benzene rings is 2. The Balaban J connectivity index is 1.09. The predicted octanol–water partition coefficient (Wildman–Crippen LogP) is -1.54. The van der Waals surface area contributed by atoms with E-state index in [1.807, 2.05) is 31.2 Å². The van der Waals surface area contributed by atoms with Crippen molar-refractivity contribution >= 4 is 99.6 Å². The molecule has 0 spiro atoms. The van der Waals surface area contributed by atoms with Crippen molar-refractivity contribution in [1.82, 2.24) is 77.9 Å². The number of rotatable bonds is 46. The second-order valence-corrected chi connectivity index (χ2v) is 29.2. The van der Waals surface area contributed by atoms with Crippen LogP contribution in [0.4, 0.5) is 0 Å². The maximum atomic E-state index is 14.7. The number of imidazole rings is 1. The summed E-state index contributed by atoms with van der Waals surface area (Å²) in [4.78, 5) is 219. The number of phenols is 1. The number of hydrogen-bond donors (Lipinski definition) is 18. The molecule has 0 bridgehead atoms. The van der Waals surface area contributed by atoms with Crippen LogP contribution in [0, 0.1) is 11.8 Å². The highest BCUT2D eigenvalue weighted by Gasteiger charge is 2.42. The average molecular weight is 1550 g/mol. The topological polar surface area (TPSA) is 572 Å². The first kappa shape index (κ1) is 88.9. The molecule has 6 rings (SSSR count). The lowest BCUT2D eigenvalue weighted by molar-refractivity contribution is -0.144. The molecule has 0 radical (unpaired) electrons. The minimum atomic E-state index is -1.54. The maximum absolute atomic E-state index is 14.7. The molecule has 111 heavy (non-hydrogen) atoms. The number of nitrogens with two attached hydrogens (primary N) is 4. The minimum absolute atomic E-state index is 0.00943. The Labute approximate surface area is 643 Å². The fourth-order valence-electron chi connectivity index (χ4n) is 13.3. The zero-order valence-electron chi connectivity index (χ0n) is 63.9. The summed E-state index contributed by atoms with van der Waals surface area (Å²) < 4.78 is 0. The lowest BCUT2D eigenvalue weighted by atomic mass is 10.00. The molecule has 36 heteroatoms. The highest BCUT2D eigenvalue weighted by molar-refractivity contribution is 6.00. The lowest BCUT2D eigenvalue weighted by Gasteiger charge is -2.31. The number of carbonyl (C=O) groups excluding carboxylic acids is 14. The fourth-order valence-corrected chi connectivity index (χ4v) is 13.3. The van der Waals surface area contributed by atoms with Crippen molar-refractivity contribution in [1.29, 1.82) is 0 Å². The van der Waals surface area contributed by atoms with Crippen molar-refractivity contribution in [3.8, 4) is 5.75 Å². The van der Waals surface area contributed by atoms with Gasteiger partial charge < -0.3 is 106 Å². The van der Waals surface area contributed by atoms with Crippen LogP contribution in [0.2, 0.25) is 0 Å². The Morgan fingerprint density at radius 3 is 1.63 bits per heavy atom. The number of H-pyrrole nitrogens is 2. The van der Waals surface area contributed by atoms with Gasteiger partial charge in [0.15, 0.2) is 0 Å². The second kappa shape index (κ2) is 44.0. The van der Waals surface area contributed by atoms with Gasteiger partial charge in [-0.2, -0.15) is 0 Å². The maximum Gasteiger partial charge on any atom is 0.326 e. The van der Waals surface area contributed by atoms with Crippen molar-refractivity contribution in [3.05, 3.63) is 84.1 Å². The molecule has 14 amide bonds. The standard InChI is InChI=1S/C75H111N19O17/c1-7-8-16-51(66(101)92-58(75(110)111)34-44-21-23-47(95)24-22-44)87-72(107)60-20-14-31-94(60)74(109)54(26-28-62(79)97)85-63(98)39-82-71(106)59-19-13-30-93(59)73(108)53(18-11-12-29-76)88-70(105)56(33-42(4)5)91-67(102)52(25-27-61(78)96)86-69(104)55(32-41(2)3)89-64(99)43(6)84-68(103)57(36-46-38-80-40-83-46)90-65(100)49(77)35-45-37-81-50-17-10-9-15-48(45)50/h9-10,15,17,21-24,37-38,40-43,49,51-60,81,95H,7-8,11-14,16,18-20,25-36,39,76-77H2,1-6H3,(H2,78,96)(H2,79,97)(H,80,83)(H,82,106)(H,84,103)(H,85,98)(H,86,104)(H,87,107)(H,88,105)(H,89,99)(H,90,100)(H,91,102)(H,92,101)(H,110,111)/t43-,49+,51+,52+,53+,54+,55+,56+,57+,58+,59+,60+/m1/s1. The van der Waals surface area contributed by atoms with E-state index in [0.717, 1.165) is 16.5 Å². The van der Waals surface area contributed by atoms with Gasteiger partial charge in [0.2, 0.25) is 82.7 Å². The van der Waals surface area contributed by atoms with Gasteiger partial charge in [-0.1, -0.05) is 77.8 Å². The smallest absolute Gasteiger partial charge is 0.326 e. The largest absolute Gasteiger partial charge is 0.508 e. The van der Waals surface area contributed by atoms with Crippen LogP contribution in [-0.4, -0.2) is 222 Å². The number of aromatic nitrogens is 3. The number of aromatic hydroxyl groups is 1. The van der Waals surface area contributed by atoms with Gasteiger partial charge in [-0.25, -0.2) is 9.78 Å². The van der Waals surface area contributed by atoms with Gasteiger partial charge in [0, 0.05) is 67.8 Å². The van der Waals surface area contributed by atoms with E-state index in [9.17, 15) is 82.1 Å². The SMILES string of the molecule is CCCC[C@H](NC(=O)[C@@H]1CCCN1C(=O)[C@H](CCC(N)=O)NC(=O)CNC(=O)[C@@H]1CCCN1C(=O)[C@H](CCCCN)NC(=O)[C@H](CC(C)C)NC(=O)[C@H](CCC(N)=O)NC(=O)[C@H](CC(C)C)NC(=O)[C@@H](C)NC(=O)[C@H](Cc1cnc[nH]1)NC(=O)[C@@H](N)Cc1c[nH]c2ccccc12)C(=O)N[C@@H](Cc1ccc(O)cc1)C(=O)O. The van der Waals surface area contributed by atoms with E-state index < -0.39 is 174 Å². The summed E-state index contributed by atoms with van der Waals surface area (Å²) in [7, 11) is 0. The number of aromatic amines is 2. The van der Waals surface area contributed by atoms with E-state index in [-0.39, 0.29) is 114 Å². The molecule has 0 unspecified atom stereocenters. The summed E-state index contributed by atoms with van der Waals surface area (Å²) in [5.74, 6) is -13.1. The number of carbonyl (C=O) groups is 15. The van der Waals surface area contributed by atoms with Gasteiger partial charge in [0.1, 0.15) is 72.2 Å². The molecule has 0 aliphatic carbocycles. The summed E-state index contributed by atoms with van der Waals surface area (Å²) in [5, 5.41) is 46.9. The van der Waals surface area contributed by atoms with E-state index >= 15 is 0 Å². The molecule has 2 aromatic heterocycles. The molecule has 608 valence electrons. The van der Waals surface area contributed by atoms with Crippen molar-refractivity contribution in [2.24, 2.45) is 34.8 Å². The third-order valence-corrected chi connectivity index (χ3v) is 19.3. The molecule has 4 heterocycles. The van der Waals surface area contributed by atoms with Crippen LogP contribution >= 0.6 is 0 Å². The summed E-state index contributed by atoms with van der Waals surface area (Å²) in [6.45, 7) is 9.86. The number of primary amides is 2. The van der Waals surface area contributed by atoms with Crippen LogP contribution in [-0.2, 0) is 91.2 Å². The molecule has 36 nitrogen and oxygen atoms in total. The first-order valence-corrected chi connectivity index (χ1v) is 37.9. The third-order valence-electron chi connectivity index (χ3n) is 19.3. The van der Waals surface area contributed by atoms with Crippen LogP contribution in [0.5, 0.6) is 5.75 Å². The summed E-state index contributed by atoms with van der Waals surface area (Å²) in [6, 6.07) is -2.37. The van der Waals surface area contributed by atoms with Gasteiger partial charge >= 0.3 is 5.97 Å². The Morgan fingerprint density at radius 2 is 1.06 bits per heavy atom. The summed E-state index contributed by atoms with van der Waals surface area (Å²) in [5.41, 5.74) is 25.9. The number of fused-ring (bicyclic) bond motifs is 1. The molecule has 12 atom stereocenters. The molecule has 4 aromatic rings. The quantitative estimate of drug-likeness (QED) is 0.0223. The van der Waals surface area contributed by atoms with Crippen molar-refractivity contribution in [2.75, 3.05) is 26.2 Å². The number of amides is 14. The van der Waals surface area contributed by atoms with Gasteiger partial charge in [-0.15, -0.1) is 0 Å². The van der Waals surface area contributed by atoms with Crippen molar-refractivity contribution < 1.29 is 82.1 Å². The minimum Gasteiger partial charge on any atom is -0.508 e. The Bertz CT molecular complexity index is 3870. The molecular formula is C75H111N19O17. The van der Waals surface area contributed by atoms with Crippen LogP contribution in [0.15, 0.2) is 67.3 Å².